The van der Waals surface area contributed by atoms with Crippen LogP contribution >= 0.6 is 0 Å². The monoisotopic (exact) mass is 374 g/mol. The van der Waals surface area contributed by atoms with Crippen LogP contribution in [0.5, 0.6) is 17.2 Å². The highest BCUT2D eigenvalue weighted by Crippen LogP contribution is 2.45. The topological polar surface area (TPSA) is 57.3 Å². The lowest BCUT2D eigenvalue weighted by atomic mass is 10.0. The molecule has 2 atom stereocenters. The molecule has 5 nitrogen and oxygen atoms in total. The lowest BCUT2D eigenvalue weighted by Gasteiger charge is -2.10. The zero-order valence-electron chi connectivity index (χ0n) is 15.0. The van der Waals surface area contributed by atoms with Gasteiger partial charge in [-0.3, -0.25) is 4.79 Å². The Labute approximate surface area is 162 Å². The highest BCUT2D eigenvalue weighted by Gasteiger charge is 2.47. The molecule has 0 unspecified atom stereocenters. The van der Waals surface area contributed by atoms with Gasteiger partial charge < -0.3 is 18.9 Å². The van der Waals surface area contributed by atoms with Crippen LogP contribution in [0.3, 0.4) is 0 Å². The van der Waals surface area contributed by atoms with Crippen molar-refractivity contribution in [2.45, 2.75) is 18.8 Å². The molecule has 2 aliphatic rings. The fourth-order valence-electron chi connectivity index (χ4n) is 3.34. The largest absolute Gasteiger partial charge is 0.488 e. The van der Waals surface area contributed by atoms with Gasteiger partial charge in [-0.05, 0) is 35.4 Å². The minimum Gasteiger partial charge on any atom is -0.488 e. The summed E-state index contributed by atoms with van der Waals surface area (Å²) in [7, 11) is 0. The number of ether oxygens (including phenoxy) is 4. The van der Waals surface area contributed by atoms with Gasteiger partial charge in [0, 0.05) is 0 Å². The van der Waals surface area contributed by atoms with Crippen molar-refractivity contribution in [1.82, 2.24) is 0 Å². The Balaban J connectivity index is 1.31. The maximum Gasteiger partial charge on any atom is 0.231 e. The molecule has 1 saturated heterocycles. The van der Waals surface area contributed by atoms with E-state index in [1.54, 1.807) is 6.07 Å². The molecular weight excluding hydrogens is 356 g/mol. The first-order chi connectivity index (χ1) is 13.8. The van der Waals surface area contributed by atoms with Crippen LogP contribution in [0.15, 0.2) is 72.8 Å². The molecule has 5 heteroatoms. The molecular formula is C23H18O5. The Morgan fingerprint density at radius 1 is 0.929 bits per heavy atom. The minimum atomic E-state index is -0.512. The van der Waals surface area contributed by atoms with E-state index in [4.69, 9.17) is 18.9 Å². The zero-order chi connectivity index (χ0) is 18.9. The van der Waals surface area contributed by atoms with Gasteiger partial charge in [0.2, 0.25) is 6.79 Å². The third kappa shape index (κ3) is 3.21. The summed E-state index contributed by atoms with van der Waals surface area (Å²) in [4.78, 5) is 13.0. The van der Waals surface area contributed by atoms with Gasteiger partial charge in [0.1, 0.15) is 18.5 Å². The number of benzene rings is 3. The summed E-state index contributed by atoms with van der Waals surface area (Å²) in [5.41, 5.74) is 2.49. The van der Waals surface area contributed by atoms with Gasteiger partial charge in [-0.2, -0.15) is 0 Å². The number of rotatable bonds is 6. The Morgan fingerprint density at radius 3 is 2.61 bits per heavy atom. The predicted octanol–water partition coefficient (Wildman–Crippen LogP) is 4.32. The van der Waals surface area contributed by atoms with Gasteiger partial charge in [0.25, 0.3) is 0 Å². The SMILES string of the molecule is O=C(c1ccccc1OCc1ccccc1)[C@H]1O[C@@H]1c1ccc2c(c1)OCO2. The van der Waals surface area contributed by atoms with E-state index in [2.05, 4.69) is 0 Å². The Kier molecular flexibility index (Phi) is 4.22. The van der Waals surface area contributed by atoms with Crippen molar-refractivity contribution in [3.63, 3.8) is 0 Å². The van der Waals surface area contributed by atoms with Crippen LogP contribution in [-0.2, 0) is 11.3 Å². The lowest BCUT2D eigenvalue weighted by molar-refractivity contribution is 0.0949. The summed E-state index contributed by atoms with van der Waals surface area (Å²) in [6.45, 7) is 0.626. The van der Waals surface area contributed by atoms with E-state index >= 15 is 0 Å². The van der Waals surface area contributed by atoms with E-state index in [0.29, 0.717) is 29.4 Å². The van der Waals surface area contributed by atoms with E-state index in [0.717, 1.165) is 11.1 Å². The van der Waals surface area contributed by atoms with Crippen LogP contribution in [0.4, 0.5) is 0 Å². The first-order valence-corrected chi connectivity index (χ1v) is 9.14. The molecule has 140 valence electrons. The number of carbonyl (C=O) groups is 1. The molecule has 0 bridgehead atoms. The Hall–Kier alpha value is -3.31. The van der Waals surface area contributed by atoms with Crippen molar-refractivity contribution in [1.29, 1.82) is 0 Å². The van der Waals surface area contributed by atoms with Crippen LogP contribution in [0.2, 0.25) is 0 Å². The molecule has 0 radical (unpaired) electrons. The van der Waals surface area contributed by atoms with E-state index in [1.807, 2.05) is 66.7 Å². The van der Waals surface area contributed by atoms with Crippen molar-refractivity contribution in [3.05, 3.63) is 89.5 Å². The lowest BCUT2D eigenvalue weighted by Crippen LogP contribution is -2.10. The molecule has 2 aliphatic heterocycles. The maximum atomic E-state index is 13.0. The number of ketones is 1. The van der Waals surface area contributed by atoms with Crippen LogP contribution in [0, 0.1) is 0 Å². The average molecular weight is 374 g/mol. The molecule has 3 aromatic rings. The molecule has 0 aliphatic carbocycles. The highest BCUT2D eigenvalue weighted by atomic mass is 16.7. The van der Waals surface area contributed by atoms with Crippen LogP contribution in [0.1, 0.15) is 27.6 Å². The number of para-hydroxylation sites is 1. The quantitative estimate of drug-likeness (QED) is 0.475. The molecule has 5 rings (SSSR count). The third-order valence-electron chi connectivity index (χ3n) is 4.86. The summed E-state index contributed by atoms with van der Waals surface area (Å²) in [5, 5.41) is 0. The second kappa shape index (κ2) is 7.02. The molecule has 0 N–H and O–H groups in total. The third-order valence-corrected chi connectivity index (χ3v) is 4.86. The van der Waals surface area contributed by atoms with E-state index < -0.39 is 6.10 Å². The number of hydrogen-bond acceptors (Lipinski definition) is 5. The van der Waals surface area contributed by atoms with E-state index in [9.17, 15) is 4.79 Å². The first kappa shape index (κ1) is 16.8. The van der Waals surface area contributed by atoms with Gasteiger partial charge in [0.05, 0.1) is 5.56 Å². The van der Waals surface area contributed by atoms with Gasteiger partial charge in [-0.15, -0.1) is 0 Å². The van der Waals surface area contributed by atoms with Gasteiger partial charge in [0.15, 0.2) is 23.4 Å². The second-order valence-corrected chi connectivity index (χ2v) is 6.72. The van der Waals surface area contributed by atoms with Crippen molar-refractivity contribution in [2.75, 3.05) is 6.79 Å². The zero-order valence-corrected chi connectivity index (χ0v) is 15.0. The smallest absolute Gasteiger partial charge is 0.231 e. The summed E-state index contributed by atoms with van der Waals surface area (Å²) >= 11 is 0. The van der Waals surface area contributed by atoms with Crippen molar-refractivity contribution >= 4 is 5.78 Å². The molecule has 1 fully saturated rings. The number of fused-ring (bicyclic) bond motifs is 1. The normalized spacial score (nSPS) is 19.3. The molecule has 2 heterocycles. The number of epoxide rings is 1. The second-order valence-electron chi connectivity index (χ2n) is 6.72. The first-order valence-electron chi connectivity index (χ1n) is 9.14. The molecule has 0 amide bonds. The van der Waals surface area contributed by atoms with Gasteiger partial charge >= 0.3 is 0 Å². The fraction of sp³-hybridized carbons (Fsp3) is 0.174. The number of carbonyl (C=O) groups excluding carboxylic acids is 1. The molecule has 28 heavy (non-hydrogen) atoms. The summed E-state index contributed by atoms with van der Waals surface area (Å²) in [6, 6.07) is 22.8. The number of hydrogen-bond donors (Lipinski definition) is 0. The van der Waals surface area contributed by atoms with Crippen LogP contribution in [0.25, 0.3) is 0 Å². The van der Waals surface area contributed by atoms with Crippen molar-refractivity contribution in [3.8, 4) is 17.2 Å². The molecule has 0 saturated carbocycles. The van der Waals surface area contributed by atoms with Gasteiger partial charge in [-0.1, -0.05) is 48.5 Å². The summed E-state index contributed by atoms with van der Waals surface area (Å²) in [5.74, 6) is 1.89. The van der Waals surface area contributed by atoms with Gasteiger partial charge in [-0.25, -0.2) is 0 Å². The minimum absolute atomic E-state index is 0.0775. The van der Waals surface area contributed by atoms with Crippen LogP contribution in [-0.4, -0.2) is 18.7 Å². The highest BCUT2D eigenvalue weighted by molar-refractivity contribution is 6.03. The Bertz CT molecular complexity index is 1010. The van der Waals surface area contributed by atoms with E-state index in [-0.39, 0.29) is 18.7 Å². The Morgan fingerprint density at radius 2 is 1.71 bits per heavy atom. The standard InChI is InChI=1S/C23H18O5/c24-21(23-22(28-23)16-10-11-19-20(12-16)27-14-26-19)17-8-4-5-9-18(17)25-13-15-6-2-1-3-7-15/h1-12,22-23H,13-14H2/t22-,23-/m1/s1. The predicted molar refractivity (Wildman–Crippen MR) is 102 cm³/mol. The van der Waals surface area contributed by atoms with E-state index in [1.165, 1.54) is 0 Å². The van der Waals surface area contributed by atoms with Crippen LogP contribution < -0.4 is 14.2 Å². The summed E-state index contributed by atoms with van der Waals surface area (Å²) in [6.07, 6.45) is -0.786. The molecule has 3 aromatic carbocycles. The number of Topliss-reactive ketones (excluding diaryl/α,β-unsaturated/α-hetero) is 1. The average Bonchev–Trinajstić information content (AvgIpc) is 3.41. The molecule has 0 spiro atoms. The maximum absolute atomic E-state index is 13.0. The fourth-order valence-corrected chi connectivity index (χ4v) is 3.34. The van der Waals surface area contributed by atoms with Crippen molar-refractivity contribution < 1.29 is 23.7 Å². The molecule has 0 aromatic heterocycles. The summed E-state index contributed by atoms with van der Waals surface area (Å²) < 4.78 is 22.3. The van der Waals surface area contributed by atoms with Crippen molar-refractivity contribution in [2.24, 2.45) is 0 Å².